The molecule has 4 nitrogen and oxygen atoms in total. The van der Waals surface area contributed by atoms with Gasteiger partial charge in [-0.3, -0.25) is 4.90 Å². The molecule has 2 heterocycles. The van der Waals surface area contributed by atoms with Crippen LogP contribution >= 0.6 is 0 Å². The van der Waals surface area contributed by atoms with Gasteiger partial charge in [0.15, 0.2) is 0 Å². The molecule has 0 amide bonds. The van der Waals surface area contributed by atoms with Crippen molar-refractivity contribution in [3.63, 3.8) is 0 Å². The van der Waals surface area contributed by atoms with E-state index in [4.69, 9.17) is 0 Å². The van der Waals surface area contributed by atoms with E-state index in [1.165, 1.54) is 32.5 Å². The zero-order valence-corrected chi connectivity index (χ0v) is 11.1. The molecular formula is C14H22N4. The lowest BCUT2D eigenvalue weighted by atomic mass is 10.2. The fourth-order valence-corrected chi connectivity index (χ4v) is 2.56. The number of hydrogen-bond donors (Lipinski definition) is 1. The third-order valence-corrected chi connectivity index (χ3v) is 3.90. The van der Waals surface area contributed by atoms with Gasteiger partial charge in [-0.15, -0.1) is 0 Å². The molecule has 0 spiro atoms. The van der Waals surface area contributed by atoms with Crippen LogP contribution in [-0.4, -0.2) is 49.7 Å². The molecule has 1 saturated heterocycles. The maximum Gasteiger partial charge on any atom is 0.131 e. The van der Waals surface area contributed by atoms with Crippen LogP contribution in [0.5, 0.6) is 0 Å². The summed E-state index contributed by atoms with van der Waals surface area (Å²) in [5, 5.41) is 3.10. The zero-order chi connectivity index (χ0) is 12.4. The van der Waals surface area contributed by atoms with Crippen LogP contribution < -0.4 is 10.2 Å². The molecule has 0 unspecified atom stereocenters. The van der Waals surface area contributed by atoms with E-state index in [1.54, 1.807) is 0 Å². The van der Waals surface area contributed by atoms with Gasteiger partial charge in [0.2, 0.25) is 0 Å². The normalized spacial score (nSPS) is 21.1. The Morgan fingerprint density at radius 3 is 2.67 bits per heavy atom. The highest BCUT2D eigenvalue weighted by Gasteiger charge is 2.26. The molecule has 4 heteroatoms. The number of anilines is 2. The van der Waals surface area contributed by atoms with Crippen molar-refractivity contribution in [2.24, 2.45) is 5.92 Å². The van der Waals surface area contributed by atoms with Crippen LogP contribution in [0.1, 0.15) is 12.8 Å². The molecule has 0 atom stereocenters. The SMILES string of the molecule is CNc1cccc(N2CCN(CC3CC3)CC2)n1. The van der Waals surface area contributed by atoms with E-state index >= 15 is 0 Å². The minimum atomic E-state index is 0.952. The number of piperazine rings is 1. The first-order valence-electron chi connectivity index (χ1n) is 6.97. The number of aromatic nitrogens is 1. The summed E-state index contributed by atoms with van der Waals surface area (Å²) in [4.78, 5) is 9.61. The molecule has 1 saturated carbocycles. The van der Waals surface area contributed by atoms with Gasteiger partial charge in [-0.2, -0.15) is 0 Å². The Balaban J connectivity index is 1.57. The van der Waals surface area contributed by atoms with Crippen molar-refractivity contribution >= 4 is 11.6 Å². The van der Waals surface area contributed by atoms with Crippen molar-refractivity contribution in [2.75, 3.05) is 50.0 Å². The van der Waals surface area contributed by atoms with Crippen molar-refractivity contribution in [1.29, 1.82) is 0 Å². The highest BCUT2D eigenvalue weighted by molar-refractivity contribution is 5.47. The van der Waals surface area contributed by atoms with Gasteiger partial charge in [0, 0.05) is 39.8 Å². The fraction of sp³-hybridized carbons (Fsp3) is 0.643. The first-order chi connectivity index (χ1) is 8.85. The van der Waals surface area contributed by atoms with Gasteiger partial charge in [-0.05, 0) is 30.9 Å². The Bertz CT molecular complexity index is 395. The van der Waals surface area contributed by atoms with Gasteiger partial charge >= 0.3 is 0 Å². The van der Waals surface area contributed by atoms with Crippen molar-refractivity contribution < 1.29 is 0 Å². The predicted octanol–water partition coefficient (Wildman–Crippen LogP) is 1.66. The first kappa shape index (κ1) is 11.8. The van der Waals surface area contributed by atoms with Crippen molar-refractivity contribution in [1.82, 2.24) is 9.88 Å². The quantitative estimate of drug-likeness (QED) is 0.875. The fourth-order valence-electron chi connectivity index (χ4n) is 2.56. The summed E-state index contributed by atoms with van der Waals surface area (Å²) in [5.41, 5.74) is 0. The molecule has 2 aliphatic rings. The second-order valence-electron chi connectivity index (χ2n) is 5.36. The maximum absolute atomic E-state index is 4.61. The molecular weight excluding hydrogens is 224 g/mol. The molecule has 1 aliphatic carbocycles. The van der Waals surface area contributed by atoms with Crippen LogP contribution in [0.15, 0.2) is 18.2 Å². The largest absolute Gasteiger partial charge is 0.373 e. The topological polar surface area (TPSA) is 31.4 Å². The van der Waals surface area contributed by atoms with E-state index in [9.17, 15) is 0 Å². The van der Waals surface area contributed by atoms with Crippen molar-refractivity contribution in [2.45, 2.75) is 12.8 Å². The smallest absolute Gasteiger partial charge is 0.131 e. The van der Waals surface area contributed by atoms with Crippen LogP contribution in [0, 0.1) is 5.92 Å². The van der Waals surface area contributed by atoms with Gasteiger partial charge in [-0.1, -0.05) is 6.07 Å². The highest BCUT2D eigenvalue weighted by atomic mass is 15.3. The van der Waals surface area contributed by atoms with E-state index in [0.717, 1.165) is 30.6 Å². The van der Waals surface area contributed by atoms with Crippen LogP contribution in [-0.2, 0) is 0 Å². The average molecular weight is 246 g/mol. The maximum atomic E-state index is 4.61. The van der Waals surface area contributed by atoms with Gasteiger partial charge in [0.1, 0.15) is 11.6 Å². The summed E-state index contributed by atoms with van der Waals surface area (Å²) < 4.78 is 0. The molecule has 98 valence electrons. The first-order valence-corrected chi connectivity index (χ1v) is 6.97. The highest BCUT2D eigenvalue weighted by Crippen LogP contribution is 2.30. The van der Waals surface area contributed by atoms with E-state index in [2.05, 4.69) is 32.2 Å². The van der Waals surface area contributed by atoms with E-state index in [0.29, 0.717) is 0 Å². The Morgan fingerprint density at radius 1 is 1.22 bits per heavy atom. The zero-order valence-electron chi connectivity index (χ0n) is 11.1. The molecule has 1 aromatic heterocycles. The average Bonchev–Trinajstić information content (AvgIpc) is 3.24. The summed E-state index contributed by atoms with van der Waals surface area (Å²) in [5.74, 6) is 3.06. The molecule has 2 fully saturated rings. The van der Waals surface area contributed by atoms with E-state index < -0.39 is 0 Å². The minimum Gasteiger partial charge on any atom is -0.373 e. The van der Waals surface area contributed by atoms with Crippen molar-refractivity contribution in [3.8, 4) is 0 Å². The van der Waals surface area contributed by atoms with Crippen LogP contribution in [0.2, 0.25) is 0 Å². The minimum absolute atomic E-state index is 0.952. The van der Waals surface area contributed by atoms with Gasteiger partial charge in [0.25, 0.3) is 0 Å². The van der Waals surface area contributed by atoms with Crippen LogP contribution in [0.4, 0.5) is 11.6 Å². The Hall–Kier alpha value is -1.29. The lowest BCUT2D eigenvalue weighted by Gasteiger charge is -2.35. The van der Waals surface area contributed by atoms with E-state index in [1.807, 2.05) is 13.1 Å². The summed E-state index contributed by atoms with van der Waals surface area (Å²) in [6.07, 6.45) is 2.90. The summed E-state index contributed by atoms with van der Waals surface area (Å²) in [7, 11) is 1.92. The Morgan fingerprint density at radius 2 is 2.00 bits per heavy atom. The van der Waals surface area contributed by atoms with Crippen molar-refractivity contribution in [3.05, 3.63) is 18.2 Å². The number of nitrogens with one attached hydrogen (secondary N) is 1. The summed E-state index contributed by atoms with van der Waals surface area (Å²) >= 11 is 0. The van der Waals surface area contributed by atoms with Gasteiger partial charge in [0.05, 0.1) is 0 Å². The number of pyridine rings is 1. The Labute approximate surface area is 109 Å². The van der Waals surface area contributed by atoms with Gasteiger partial charge < -0.3 is 10.2 Å². The molecule has 1 N–H and O–H groups in total. The summed E-state index contributed by atoms with van der Waals surface area (Å²) in [6.45, 7) is 5.89. The molecule has 1 aliphatic heterocycles. The molecule has 18 heavy (non-hydrogen) atoms. The predicted molar refractivity (Wildman–Crippen MR) is 75.2 cm³/mol. The van der Waals surface area contributed by atoms with Gasteiger partial charge in [-0.25, -0.2) is 4.98 Å². The number of hydrogen-bond acceptors (Lipinski definition) is 4. The van der Waals surface area contributed by atoms with E-state index in [-0.39, 0.29) is 0 Å². The second-order valence-corrected chi connectivity index (χ2v) is 5.36. The monoisotopic (exact) mass is 246 g/mol. The van der Waals surface area contributed by atoms with Crippen LogP contribution in [0.25, 0.3) is 0 Å². The number of nitrogens with zero attached hydrogens (tertiary/aromatic N) is 3. The van der Waals surface area contributed by atoms with Crippen LogP contribution in [0.3, 0.4) is 0 Å². The standard InChI is InChI=1S/C14H22N4/c1-15-13-3-2-4-14(16-13)18-9-7-17(8-10-18)11-12-5-6-12/h2-4,12H,5-11H2,1H3,(H,15,16). The molecule has 3 rings (SSSR count). The second kappa shape index (κ2) is 5.14. The third kappa shape index (κ3) is 2.75. The molecule has 0 radical (unpaired) electrons. The lowest BCUT2D eigenvalue weighted by molar-refractivity contribution is 0.247. The Kier molecular flexibility index (Phi) is 3.37. The number of rotatable bonds is 4. The molecule has 1 aromatic rings. The molecule has 0 aromatic carbocycles. The third-order valence-electron chi connectivity index (χ3n) is 3.90. The lowest BCUT2D eigenvalue weighted by Crippen LogP contribution is -2.47. The summed E-state index contributed by atoms with van der Waals surface area (Å²) in [6, 6.07) is 6.19. The molecule has 0 bridgehead atoms.